The van der Waals surface area contributed by atoms with Crippen LogP contribution in [-0.4, -0.2) is 52.6 Å². The number of phenols is 1. The second-order valence-corrected chi connectivity index (χ2v) is 7.90. The van der Waals surface area contributed by atoms with Crippen LogP contribution in [0, 0.1) is 0 Å². The van der Waals surface area contributed by atoms with Crippen molar-refractivity contribution in [3.63, 3.8) is 0 Å². The Balaban J connectivity index is 1.40. The smallest absolute Gasteiger partial charge is 0.262 e. The molecule has 1 saturated heterocycles. The van der Waals surface area contributed by atoms with Gasteiger partial charge in [-0.25, -0.2) is 0 Å². The minimum Gasteiger partial charge on any atom is -0.508 e. The molecule has 1 amide bonds. The summed E-state index contributed by atoms with van der Waals surface area (Å²) < 4.78 is 1.57. The number of piperazine rings is 1. The van der Waals surface area contributed by atoms with Crippen molar-refractivity contribution in [3.05, 3.63) is 96.2 Å². The zero-order valence-corrected chi connectivity index (χ0v) is 17.5. The number of hydrogen-bond acceptors (Lipinski definition) is 4. The van der Waals surface area contributed by atoms with E-state index < -0.39 is 0 Å². The van der Waals surface area contributed by atoms with E-state index in [2.05, 4.69) is 4.90 Å². The maximum Gasteiger partial charge on any atom is 0.262 e. The summed E-state index contributed by atoms with van der Waals surface area (Å²) in [6.45, 7) is 2.59. The van der Waals surface area contributed by atoms with E-state index in [4.69, 9.17) is 0 Å². The van der Waals surface area contributed by atoms with Crippen molar-refractivity contribution in [1.82, 2.24) is 9.47 Å². The van der Waals surface area contributed by atoms with Crippen LogP contribution < -0.4 is 4.90 Å². The predicted molar refractivity (Wildman–Crippen MR) is 124 cm³/mol. The van der Waals surface area contributed by atoms with Crippen molar-refractivity contribution in [3.8, 4) is 5.75 Å². The highest BCUT2D eigenvalue weighted by molar-refractivity contribution is 6.11. The lowest BCUT2D eigenvalue weighted by molar-refractivity contribution is 0.0748. The number of aromatic hydroxyl groups is 1. The van der Waals surface area contributed by atoms with Gasteiger partial charge in [-0.2, -0.15) is 0 Å². The molecule has 1 fully saturated rings. The Hall–Kier alpha value is -4.06. The van der Waals surface area contributed by atoms with E-state index >= 15 is 0 Å². The first-order valence-electron chi connectivity index (χ1n) is 10.6. The van der Waals surface area contributed by atoms with E-state index in [1.54, 1.807) is 35.0 Å². The molecule has 160 valence electrons. The molecule has 0 unspecified atom stereocenters. The molecule has 5 rings (SSSR count). The summed E-state index contributed by atoms with van der Waals surface area (Å²) in [6, 6.07) is 23.7. The molecular weight excluding hydrogens is 402 g/mol. The quantitative estimate of drug-likeness (QED) is 0.539. The van der Waals surface area contributed by atoms with Gasteiger partial charge in [-0.05, 0) is 42.5 Å². The molecule has 6 nitrogen and oxygen atoms in total. The Morgan fingerprint density at radius 1 is 0.719 bits per heavy atom. The number of para-hydroxylation sites is 1. The van der Waals surface area contributed by atoms with Crippen molar-refractivity contribution >= 4 is 28.4 Å². The fraction of sp³-hybridized carbons (Fsp3) is 0.154. The third kappa shape index (κ3) is 3.60. The minimum absolute atomic E-state index is 0.0637. The first-order valence-corrected chi connectivity index (χ1v) is 10.6. The molecule has 0 atom stereocenters. The molecule has 4 aromatic rings. The van der Waals surface area contributed by atoms with Crippen LogP contribution in [0.2, 0.25) is 0 Å². The Morgan fingerprint density at radius 2 is 1.38 bits per heavy atom. The van der Waals surface area contributed by atoms with Crippen molar-refractivity contribution in [2.45, 2.75) is 0 Å². The van der Waals surface area contributed by atoms with Crippen LogP contribution >= 0.6 is 0 Å². The average Bonchev–Trinajstić information content (AvgIpc) is 3.24. The van der Waals surface area contributed by atoms with Gasteiger partial charge in [-0.15, -0.1) is 0 Å². The molecule has 6 heteroatoms. The second kappa shape index (κ2) is 8.23. The number of benzene rings is 3. The van der Waals surface area contributed by atoms with Gasteiger partial charge < -0.3 is 14.9 Å². The van der Waals surface area contributed by atoms with Crippen molar-refractivity contribution in [2.75, 3.05) is 31.1 Å². The summed E-state index contributed by atoms with van der Waals surface area (Å²) in [7, 11) is 0. The lowest BCUT2D eigenvalue weighted by atomic mass is 10.1. The lowest BCUT2D eigenvalue weighted by Crippen LogP contribution is -2.48. The number of hydrogen-bond donors (Lipinski definition) is 1. The number of rotatable bonds is 3. The van der Waals surface area contributed by atoms with Crippen LogP contribution in [0.4, 0.5) is 5.69 Å². The van der Waals surface area contributed by atoms with Gasteiger partial charge in [0, 0.05) is 49.0 Å². The van der Waals surface area contributed by atoms with E-state index in [9.17, 15) is 14.7 Å². The molecular formula is C26H23N3O3. The third-order valence-corrected chi connectivity index (χ3v) is 5.96. The zero-order valence-electron chi connectivity index (χ0n) is 17.5. The minimum atomic E-state index is -0.155. The van der Waals surface area contributed by atoms with Crippen LogP contribution in [0.1, 0.15) is 20.7 Å². The summed E-state index contributed by atoms with van der Waals surface area (Å²) in [6.07, 6.45) is 1.68. The van der Waals surface area contributed by atoms with Crippen LogP contribution in [-0.2, 0) is 0 Å². The number of aromatic nitrogens is 1. The van der Waals surface area contributed by atoms with Gasteiger partial charge in [-0.1, -0.05) is 36.4 Å². The molecule has 0 bridgehead atoms. The molecule has 1 aromatic heterocycles. The van der Waals surface area contributed by atoms with E-state index in [1.807, 2.05) is 59.5 Å². The molecule has 0 saturated carbocycles. The molecule has 1 aliphatic heterocycles. The average molecular weight is 425 g/mol. The number of carbonyl (C=O) groups is 2. The predicted octanol–water partition coefficient (Wildman–Crippen LogP) is 4.00. The number of phenolic OH excluding ortho intramolecular Hbond substituents is 1. The van der Waals surface area contributed by atoms with Gasteiger partial charge in [0.05, 0.1) is 11.1 Å². The molecule has 0 aliphatic carbocycles. The molecule has 1 N–H and O–H groups in total. The first kappa shape index (κ1) is 19.9. The largest absolute Gasteiger partial charge is 0.508 e. The Morgan fingerprint density at radius 3 is 2.09 bits per heavy atom. The van der Waals surface area contributed by atoms with E-state index in [0.717, 1.165) is 16.6 Å². The fourth-order valence-corrected chi connectivity index (χ4v) is 4.24. The third-order valence-electron chi connectivity index (χ3n) is 5.96. The van der Waals surface area contributed by atoms with Gasteiger partial charge in [0.15, 0.2) is 0 Å². The van der Waals surface area contributed by atoms with Gasteiger partial charge >= 0.3 is 0 Å². The van der Waals surface area contributed by atoms with Crippen molar-refractivity contribution in [1.29, 1.82) is 0 Å². The van der Waals surface area contributed by atoms with Gasteiger partial charge in [-0.3, -0.25) is 14.2 Å². The molecule has 1 aliphatic rings. The van der Waals surface area contributed by atoms with Crippen LogP contribution in [0.5, 0.6) is 5.75 Å². The fourth-order valence-electron chi connectivity index (χ4n) is 4.24. The van der Waals surface area contributed by atoms with Gasteiger partial charge in [0.1, 0.15) is 5.75 Å². The highest BCUT2D eigenvalue weighted by atomic mass is 16.3. The maximum atomic E-state index is 13.4. The maximum absolute atomic E-state index is 13.4. The van der Waals surface area contributed by atoms with Crippen LogP contribution in [0.15, 0.2) is 85.1 Å². The summed E-state index contributed by atoms with van der Waals surface area (Å²) in [4.78, 5) is 30.6. The second-order valence-electron chi connectivity index (χ2n) is 7.90. The summed E-state index contributed by atoms with van der Waals surface area (Å²) >= 11 is 0. The van der Waals surface area contributed by atoms with E-state index in [0.29, 0.717) is 37.3 Å². The summed E-state index contributed by atoms with van der Waals surface area (Å²) in [5, 5.41) is 10.3. The van der Waals surface area contributed by atoms with Gasteiger partial charge in [0.2, 0.25) is 0 Å². The Labute approximate surface area is 185 Å². The molecule has 3 aromatic carbocycles. The van der Waals surface area contributed by atoms with Crippen LogP contribution in [0.25, 0.3) is 10.9 Å². The molecule has 0 spiro atoms. The number of carbonyl (C=O) groups excluding carboxylic acids is 2. The first-order chi connectivity index (χ1) is 15.6. The van der Waals surface area contributed by atoms with Crippen molar-refractivity contribution < 1.29 is 14.7 Å². The number of anilines is 1. The number of fused-ring (bicyclic) bond motifs is 1. The van der Waals surface area contributed by atoms with Crippen LogP contribution in [0.3, 0.4) is 0 Å². The Kier molecular flexibility index (Phi) is 5.11. The number of amides is 1. The molecule has 0 radical (unpaired) electrons. The normalized spacial score (nSPS) is 14.0. The van der Waals surface area contributed by atoms with E-state index in [-0.39, 0.29) is 17.6 Å². The molecule has 2 heterocycles. The highest BCUT2D eigenvalue weighted by Gasteiger charge is 2.26. The zero-order chi connectivity index (χ0) is 22.1. The Bertz CT molecular complexity index is 1270. The topological polar surface area (TPSA) is 65.8 Å². The van der Waals surface area contributed by atoms with E-state index in [1.165, 1.54) is 0 Å². The van der Waals surface area contributed by atoms with Gasteiger partial charge in [0.25, 0.3) is 11.8 Å². The monoisotopic (exact) mass is 425 g/mol. The lowest BCUT2D eigenvalue weighted by Gasteiger charge is -2.36. The van der Waals surface area contributed by atoms with Crippen molar-refractivity contribution in [2.24, 2.45) is 0 Å². The standard InChI is InChI=1S/C26H23N3O3/c30-21-12-10-20(11-13-21)27-14-16-28(17-15-27)26(32)23-18-29(24-9-5-4-8-22(23)24)25(31)19-6-2-1-3-7-19/h1-13,18,30H,14-17H2. The highest BCUT2D eigenvalue weighted by Crippen LogP contribution is 2.25. The molecule has 32 heavy (non-hydrogen) atoms. The summed E-state index contributed by atoms with van der Waals surface area (Å²) in [5.74, 6) is 0.0215. The summed E-state index contributed by atoms with van der Waals surface area (Å²) in [5.41, 5.74) is 2.88. The SMILES string of the molecule is O=C(c1cn(C(=O)c2ccccc2)c2ccccc12)N1CCN(c2ccc(O)cc2)CC1. The number of nitrogens with zero attached hydrogens (tertiary/aromatic N) is 3.